The number of carboxylic acids is 1. The maximum Gasteiger partial charge on any atom is 0.314 e. The van der Waals surface area contributed by atoms with Crippen molar-refractivity contribution in [3.63, 3.8) is 0 Å². The zero-order valence-corrected chi connectivity index (χ0v) is 14.6. The summed E-state index contributed by atoms with van der Waals surface area (Å²) in [5.41, 5.74) is 1.40. The highest BCUT2D eigenvalue weighted by Gasteiger charge is 2.42. The molecule has 0 spiro atoms. The number of pyridine rings is 1. The number of hydrogen-bond acceptors (Lipinski definition) is 3. The normalized spacial score (nSPS) is 17.2. The van der Waals surface area contributed by atoms with E-state index in [4.69, 9.17) is 0 Å². The number of benzene rings is 2. The van der Waals surface area contributed by atoms with Gasteiger partial charge in [0.25, 0.3) is 0 Å². The van der Waals surface area contributed by atoms with E-state index in [2.05, 4.69) is 28.1 Å². The molecule has 0 bridgehead atoms. The van der Waals surface area contributed by atoms with Crippen LogP contribution in [0.2, 0.25) is 0 Å². The third-order valence-electron chi connectivity index (χ3n) is 5.56. The van der Waals surface area contributed by atoms with Gasteiger partial charge < -0.3 is 5.11 Å². The molecule has 1 aromatic heterocycles. The van der Waals surface area contributed by atoms with Crippen LogP contribution in [0.5, 0.6) is 0 Å². The van der Waals surface area contributed by atoms with E-state index in [1.807, 2.05) is 48.8 Å². The Bertz CT molecular complexity index is 916. The number of hydrogen-bond donors (Lipinski definition) is 1. The van der Waals surface area contributed by atoms with Crippen molar-refractivity contribution >= 4 is 16.7 Å². The van der Waals surface area contributed by atoms with Gasteiger partial charge in [0.15, 0.2) is 0 Å². The molecular formula is C22H22N2O2. The molecule has 4 heteroatoms. The van der Waals surface area contributed by atoms with Crippen LogP contribution in [-0.2, 0) is 16.8 Å². The van der Waals surface area contributed by atoms with E-state index in [1.165, 1.54) is 10.9 Å². The summed E-state index contributed by atoms with van der Waals surface area (Å²) < 4.78 is 0. The van der Waals surface area contributed by atoms with Crippen molar-refractivity contribution < 1.29 is 9.90 Å². The Labute approximate surface area is 153 Å². The van der Waals surface area contributed by atoms with Crippen molar-refractivity contribution in [1.82, 2.24) is 9.88 Å². The Morgan fingerprint density at radius 3 is 2.54 bits per heavy atom. The minimum absolute atomic E-state index is 0.640. The molecule has 2 aromatic carbocycles. The molecule has 4 rings (SSSR count). The first kappa shape index (κ1) is 16.7. The second kappa shape index (κ2) is 6.89. The molecule has 0 atom stereocenters. The van der Waals surface area contributed by atoms with Crippen LogP contribution in [0.25, 0.3) is 10.8 Å². The van der Waals surface area contributed by atoms with Crippen LogP contribution in [0, 0.1) is 0 Å². The second-order valence-electron chi connectivity index (χ2n) is 7.09. The molecule has 1 N–H and O–H groups in total. The summed E-state index contributed by atoms with van der Waals surface area (Å²) in [6, 6.07) is 18.1. The Kier molecular flexibility index (Phi) is 4.43. The summed E-state index contributed by atoms with van der Waals surface area (Å²) in [5.74, 6) is -0.708. The van der Waals surface area contributed by atoms with E-state index in [0.29, 0.717) is 12.8 Å². The quantitative estimate of drug-likeness (QED) is 0.779. The van der Waals surface area contributed by atoms with Crippen LogP contribution in [0.15, 0.2) is 67.0 Å². The number of carbonyl (C=O) groups is 1. The van der Waals surface area contributed by atoms with Gasteiger partial charge >= 0.3 is 5.97 Å². The summed E-state index contributed by atoms with van der Waals surface area (Å²) in [6.45, 7) is 2.41. The first-order valence-corrected chi connectivity index (χ1v) is 9.01. The maximum atomic E-state index is 12.1. The number of fused-ring (bicyclic) bond motifs is 1. The molecule has 0 radical (unpaired) electrons. The van der Waals surface area contributed by atoms with Gasteiger partial charge in [-0.15, -0.1) is 0 Å². The van der Waals surface area contributed by atoms with Crippen LogP contribution < -0.4 is 0 Å². The minimum Gasteiger partial charge on any atom is -0.481 e. The van der Waals surface area contributed by atoms with Crippen molar-refractivity contribution in [3.05, 3.63) is 78.1 Å². The van der Waals surface area contributed by atoms with E-state index in [-0.39, 0.29) is 0 Å². The Morgan fingerprint density at radius 2 is 1.81 bits per heavy atom. The molecule has 1 aliphatic rings. The summed E-state index contributed by atoms with van der Waals surface area (Å²) in [4.78, 5) is 18.6. The van der Waals surface area contributed by atoms with Crippen LogP contribution in [0.1, 0.15) is 24.0 Å². The van der Waals surface area contributed by atoms with E-state index >= 15 is 0 Å². The number of nitrogens with zero attached hydrogens (tertiary/aromatic N) is 2. The molecule has 0 amide bonds. The molecule has 1 fully saturated rings. The topological polar surface area (TPSA) is 53.4 Å². The molecular weight excluding hydrogens is 324 g/mol. The Hall–Kier alpha value is -2.72. The van der Waals surface area contributed by atoms with Crippen LogP contribution in [-0.4, -0.2) is 34.0 Å². The predicted octanol–water partition coefficient (Wildman–Crippen LogP) is 3.85. The fraction of sp³-hybridized carbons (Fsp3) is 0.273. The van der Waals surface area contributed by atoms with Crippen molar-refractivity contribution in [1.29, 1.82) is 0 Å². The van der Waals surface area contributed by atoms with Crippen LogP contribution in [0.3, 0.4) is 0 Å². The van der Waals surface area contributed by atoms with Gasteiger partial charge in [-0.25, -0.2) is 0 Å². The van der Waals surface area contributed by atoms with Gasteiger partial charge in [-0.05, 0) is 54.6 Å². The average Bonchev–Trinajstić information content (AvgIpc) is 2.69. The van der Waals surface area contributed by atoms with E-state index in [9.17, 15) is 9.90 Å². The number of rotatable bonds is 4. The fourth-order valence-corrected chi connectivity index (χ4v) is 3.97. The summed E-state index contributed by atoms with van der Waals surface area (Å²) in [6.07, 6.45) is 4.98. The lowest BCUT2D eigenvalue weighted by Crippen LogP contribution is -2.47. The molecule has 0 unspecified atom stereocenters. The SMILES string of the molecule is O=C(O)C1(c2ccccc2)CCN(Cc2ccc3ccncc3c2)CC1. The lowest BCUT2D eigenvalue weighted by Gasteiger charge is -2.39. The zero-order valence-electron chi connectivity index (χ0n) is 14.6. The van der Waals surface area contributed by atoms with Gasteiger partial charge in [0.2, 0.25) is 0 Å². The Morgan fingerprint density at radius 1 is 1.04 bits per heavy atom. The van der Waals surface area contributed by atoms with Gasteiger partial charge in [-0.2, -0.15) is 0 Å². The molecule has 26 heavy (non-hydrogen) atoms. The van der Waals surface area contributed by atoms with Gasteiger partial charge in [0, 0.05) is 24.3 Å². The van der Waals surface area contributed by atoms with Gasteiger partial charge in [-0.1, -0.05) is 42.5 Å². The third-order valence-corrected chi connectivity index (χ3v) is 5.56. The van der Waals surface area contributed by atoms with Crippen molar-refractivity contribution in [2.75, 3.05) is 13.1 Å². The average molecular weight is 346 g/mol. The van der Waals surface area contributed by atoms with Crippen LogP contribution in [0.4, 0.5) is 0 Å². The first-order valence-electron chi connectivity index (χ1n) is 9.01. The standard InChI is InChI=1S/C22H22N2O2/c25-21(26)22(20-4-2-1-3-5-20)9-12-24(13-10-22)16-17-6-7-18-8-11-23-15-19(18)14-17/h1-8,11,14-15H,9-10,12-13,16H2,(H,25,26). The molecule has 1 aliphatic heterocycles. The smallest absolute Gasteiger partial charge is 0.314 e. The minimum atomic E-state index is -0.759. The second-order valence-corrected chi connectivity index (χ2v) is 7.09. The number of carboxylic acid groups (broad SMARTS) is 1. The Balaban J connectivity index is 1.49. The maximum absolute atomic E-state index is 12.1. The zero-order chi connectivity index (χ0) is 18.0. The molecule has 0 saturated carbocycles. The lowest BCUT2D eigenvalue weighted by molar-refractivity contribution is -0.146. The van der Waals surface area contributed by atoms with Crippen LogP contribution >= 0.6 is 0 Å². The van der Waals surface area contributed by atoms with Crippen molar-refractivity contribution in [2.45, 2.75) is 24.8 Å². The highest BCUT2D eigenvalue weighted by atomic mass is 16.4. The summed E-state index contributed by atoms with van der Waals surface area (Å²) in [5, 5.41) is 12.2. The van der Waals surface area contributed by atoms with E-state index < -0.39 is 11.4 Å². The molecule has 132 valence electrons. The molecule has 3 aromatic rings. The molecule has 0 aliphatic carbocycles. The summed E-state index contributed by atoms with van der Waals surface area (Å²) >= 11 is 0. The van der Waals surface area contributed by atoms with Gasteiger partial charge in [0.1, 0.15) is 0 Å². The highest BCUT2D eigenvalue weighted by molar-refractivity contribution is 5.82. The first-order chi connectivity index (χ1) is 12.7. The van der Waals surface area contributed by atoms with E-state index in [1.54, 1.807) is 0 Å². The third kappa shape index (κ3) is 3.08. The van der Waals surface area contributed by atoms with Gasteiger partial charge in [0.05, 0.1) is 5.41 Å². The number of aliphatic carboxylic acids is 1. The number of aromatic nitrogens is 1. The fourth-order valence-electron chi connectivity index (χ4n) is 3.97. The predicted molar refractivity (Wildman–Crippen MR) is 102 cm³/mol. The van der Waals surface area contributed by atoms with Crippen molar-refractivity contribution in [2.24, 2.45) is 0 Å². The molecule has 4 nitrogen and oxygen atoms in total. The largest absolute Gasteiger partial charge is 0.481 e. The van der Waals surface area contributed by atoms with Gasteiger partial charge in [-0.3, -0.25) is 14.7 Å². The number of likely N-dealkylation sites (tertiary alicyclic amines) is 1. The van der Waals surface area contributed by atoms with Crippen molar-refractivity contribution in [3.8, 4) is 0 Å². The lowest BCUT2D eigenvalue weighted by atomic mass is 9.73. The molecule has 1 saturated heterocycles. The van der Waals surface area contributed by atoms with E-state index in [0.717, 1.165) is 30.6 Å². The molecule has 2 heterocycles. The highest BCUT2D eigenvalue weighted by Crippen LogP contribution is 2.36. The summed E-state index contributed by atoms with van der Waals surface area (Å²) in [7, 11) is 0. The monoisotopic (exact) mass is 346 g/mol. The number of piperidine rings is 1.